The highest BCUT2D eigenvalue weighted by molar-refractivity contribution is 7.80. The number of hydrogen-bond acceptors (Lipinski definition) is 1. The summed E-state index contributed by atoms with van der Waals surface area (Å²) in [6, 6.07) is 0. The predicted octanol–water partition coefficient (Wildman–Crippen LogP) is 2.57. The maximum atomic E-state index is 5.13. The average molecular weight is 128 g/mol. The maximum Gasteiger partial charge on any atom is -0.00433 e. The van der Waals surface area contributed by atoms with Gasteiger partial charge in [0.05, 0.1) is 0 Å². The summed E-state index contributed by atoms with van der Waals surface area (Å²) in [5.41, 5.74) is 0. The second-order valence-electron chi connectivity index (χ2n) is 2.61. The lowest BCUT2D eigenvalue weighted by atomic mass is 9.91. The van der Waals surface area contributed by atoms with Crippen LogP contribution in [0, 0.1) is 5.92 Å². The van der Waals surface area contributed by atoms with E-state index in [-0.39, 0.29) is 0 Å². The molecule has 0 aromatic heterocycles. The van der Waals surface area contributed by atoms with Gasteiger partial charge < -0.3 is 0 Å². The van der Waals surface area contributed by atoms with Gasteiger partial charge in [0.1, 0.15) is 0 Å². The molecule has 0 N–H and O–H groups in total. The molecule has 1 fully saturated rings. The smallest absolute Gasteiger partial charge is 0.00433 e. The molecule has 1 atom stereocenters. The van der Waals surface area contributed by atoms with Gasteiger partial charge in [-0.3, -0.25) is 0 Å². The summed E-state index contributed by atoms with van der Waals surface area (Å²) in [4.78, 5) is 1.30. The van der Waals surface area contributed by atoms with Crippen molar-refractivity contribution in [1.29, 1.82) is 0 Å². The summed E-state index contributed by atoms with van der Waals surface area (Å²) in [5, 5.41) is 0. The van der Waals surface area contributed by atoms with Gasteiger partial charge in [-0.25, -0.2) is 0 Å². The standard InChI is InChI=1S/C7H12S/c1-6-4-2-3-5-7(6)8/h6H,2-5H2,1H3. The van der Waals surface area contributed by atoms with Crippen molar-refractivity contribution < 1.29 is 0 Å². The first-order valence-corrected chi connectivity index (χ1v) is 3.74. The fourth-order valence-electron chi connectivity index (χ4n) is 1.16. The van der Waals surface area contributed by atoms with Crippen molar-refractivity contribution in [1.82, 2.24) is 0 Å². The van der Waals surface area contributed by atoms with Crippen LogP contribution in [0.4, 0.5) is 0 Å². The Balaban J connectivity index is 2.39. The van der Waals surface area contributed by atoms with Crippen LogP contribution in [0.2, 0.25) is 0 Å². The van der Waals surface area contributed by atoms with Gasteiger partial charge in [-0.05, 0) is 30.0 Å². The molecule has 0 aliphatic heterocycles. The zero-order chi connectivity index (χ0) is 5.98. The van der Waals surface area contributed by atoms with Gasteiger partial charge in [-0.15, -0.1) is 0 Å². The quantitative estimate of drug-likeness (QED) is 0.452. The van der Waals surface area contributed by atoms with E-state index in [1.807, 2.05) is 0 Å². The molecule has 0 heterocycles. The molecule has 1 rings (SSSR count). The topological polar surface area (TPSA) is 0 Å². The van der Waals surface area contributed by atoms with E-state index in [1.165, 1.54) is 30.5 Å². The van der Waals surface area contributed by atoms with Gasteiger partial charge in [0.2, 0.25) is 0 Å². The molecule has 1 aliphatic carbocycles. The van der Waals surface area contributed by atoms with Gasteiger partial charge in [-0.1, -0.05) is 25.6 Å². The molecule has 0 aromatic carbocycles. The molecule has 1 unspecified atom stereocenters. The van der Waals surface area contributed by atoms with Gasteiger partial charge in [0.25, 0.3) is 0 Å². The second-order valence-corrected chi connectivity index (χ2v) is 3.14. The van der Waals surface area contributed by atoms with E-state index in [4.69, 9.17) is 12.2 Å². The maximum absolute atomic E-state index is 5.13. The lowest BCUT2D eigenvalue weighted by Gasteiger charge is -2.17. The van der Waals surface area contributed by atoms with Gasteiger partial charge in [-0.2, -0.15) is 0 Å². The summed E-state index contributed by atoms with van der Waals surface area (Å²) < 4.78 is 0. The van der Waals surface area contributed by atoms with Crippen LogP contribution in [0.1, 0.15) is 32.6 Å². The molecule has 0 saturated heterocycles. The number of thiocarbonyl (C=S) groups is 1. The highest BCUT2D eigenvalue weighted by atomic mass is 32.1. The third kappa shape index (κ3) is 1.28. The largest absolute Gasteiger partial charge is 0.0894 e. The summed E-state index contributed by atoms with van der Waals surface area (Å²) in [7, 11) is 0. The Morgan fingerprint density at radius 1 is 1.50 bits per heavy atom. The van der Waals surface area contributed by atoms with E-state index < -0.39 is 0 Å². The number of hydrogen-bond donors (Lipinski definition) is 0. The van der Waals surface area contributed by atoms with E-state index in [0.29, 0.717) is 0 Å². The van der Waals surface area contributed by atoms with Crippen molar-refractivity contribution in [3.05, 3.63) is 0 Å². The van der Waals surface area contributed by atoms with Gasteiger partial charge >= 0.3 is 0 Å². The molecule has 0 aromatic rings. The summed E-state index contributed by atoms with van der Waals surface area (Å²) in [5.74, 6) is 0.735. The van der Waals surface area contributed by atoms with E-state index in [1.54, 1.807) is 0 Å². The zero-order valence-electron chi connectivity index (χ0n) is 5.31. The molecule has 0 amide bonds. The van der Waals surface area contributed by atoms with Crippen LogP contribution in [0.15, 0.2) is 0 Å². The molecule has 1 aliphatic rings. The molecular formula is C7H12S. The van der Waals surface area contributed by atoms with Crippen molar-refractivity contribution >= 4 is 17.1 Å². The minimum absolute atomic E-state index is 0.735. The Morgan fingerprint density at radius 3 is 2.62 bits per heavy atom. The molecule has 0 radical (unpaired) electrons. The molecular weight excluding hydrogens is 116 g/mol. The molecule has 0 spiro atoms. The summed E-state index contributed by atoms with van der Waals surface area (Å²) >= 11 is 5.13. The van der Waals surface area contributed by atoms with Crippen LogP contribution in [0.5, 0.6) is 0 Å². The SMILES string of the molecule is CC1CCCCC1=S. The zero-order valence-corrected chi connectivity index (χ0v) is 6.13. The van der Waals surface area contributed by atoms with E-state index in [9.17, 15) is 0 Å². The minimum Gasteiger partial charge on any atom is -0.0894 e. The first kappa shape index (κ1) is 6.21. The highest BCUT2D eigenvalue weighted by Gasteiger charge is 2.12. The van der Waals surface area contributed by atoms with E-state index >= 15 is 0 Å². The Labute approximate surface area is 56.3 Å². The Kier molecular flexibility index (Phi) is 2.01. The van der Waals surface area contributed by atoms with E-state index in [2.05, 4.69) is 6.92 Å². The first-order chi connectivity index (χ1) is 3.80. The van der Waals surface area contributed by atoms with Crippen molar-refractivity contribution in [3.8, 4) is 0 Å². The first-order valence-electron chi connectivity index (χ1n) is 3.33. The summed E-state index contributed by atoms with van der Waals surface area (Å²) in [6.07, 6.45) is 5.26. The lowest BCUT2D eigenvalue weighted by Crippen LogP contribution is -2.12. The normalized spacial score (nSPS) is 30.6. The van der Waals surface area contributed by atoms with Gasteiger partial charge in [0, 0.05) is 0 Å². The Hall–Kier alpha value is 0.0900. The molecule has 1 saturated carbocycles. The van der Waals surface area contributed by atoms with Gasteiger partial charge in [0.15, 0.2) is 0 Å². The van der Waals surface area contributed by atoms with Crippen LogP contribution in [0.3, 0.4) is 0 Å². The number of rotatable bonds is 0. The highest BCUT2D eigenvalue weighted by Crippen LogP contribution is 2.20. The molecule has 8 heavy (non-hydrogen) atoms. The third-order valence-electron chi connectivity index (χ3n) is 1.86. The predicted molar refractivity (Wildman–Crippen MR) is 40.2 cm³/mol. The minimum atomic E-state index is 0.735. The molecule has 0 nitrogen and oxygen atoms in total. The monoisotopic (exact) mass is 128 g/mol. The van der Waals surface area contributed by atoms with Crippen LogP contribution in [0.25, 0.3) is 0 Å². The van der Waals surface area contributed by atoms with Crippen LogP contribution in [-0.2, 0) is 0 Å². The van der Waals surface area contributed by atoms with Crippen molar-refractivity contribution in [2.24, 2.45) is 5.92 Å². The summed E-state index contributed by atoms with van der Waals surface area (Å²) in [6.45, 7) is 2.24. The third-order valence-corrected chi connectivity index (χ3v) is 2.47. The van der Waals surface area contributed by atoms with Crippen LogP contribution < -0.4 is 0 Å². The van der Waals surface area contributed by atoms with Crippen molar-refractivity contribution in [2.75, 3.05) is 0 Å². The second kappa shape index (κ2) is 2.58. The molecule has 1 heteroatoms. The van der Waals surface area contributed by atoms with E-state index in [0.717, 1.165) is 5.92 Å². The van der Waals surface area contributed by atoms with Crippen LogP contribution >= 0.6 is 12.2 Å². The molecule has 0 bridgehead atoms. The fraction of sp³-hybridized carbons (Fsp3) is 0.857. The van der Waals surface area contributed by atoms with Crippen molar-refractivity contribution in [3.63, 3.8) is 0 Å². The Bertz CT molecular complexity index is 96.6. The Morgan fingerprint density at radius 2 is 2.25 bits per heavy atom. The average Bonchev–Trinajstić information content (AvgIpc) is 1.77. The van der Waals surface area contributed by atoms with Crippen LogP contribution in [-0.4, -0.2) is 4.86 Å². The van der Waals surface area contributed by atoms with Crippen molar-refractivity contribution in [2.45, 2.75) is 32.6 Å². The molecule has 46 valence electrons. The lowest BCUT2D eigenvalue weighted by molar-refractivity contribution is 0.568. The fourth-order valence-corrected chi connectivity index (χ4v) is 1.42.